The van der Waals surface area contributed by atoms with E-state index in [9.17, 15) is 0 Å². The Bertz CT molecular complexity index is 888. The van der Waals surface area contributed by atoms with Gasteiger partial charge in [-0.1, -0.05) is 23.7 Å². The maximum atomic E-state index is 5.87. The van der Waals surface area contributed by atoms with Gasteiger partial charge in [-0.3, -0.25) is 0 Å². The van der Waals surface area contributed by atoms with E-state index in [2.05, 4.69) is 10.2 Å². The quantitative estimate of drug-likeness (QED) is 0.710. The molecule has 0 saturated heterocycles. The first-order valence-corrected chi connectivity index (χ1v) is 7.83. The van der Waals surface area contributed by atoms with Crippen molar-refractivity contribution < 1.29 is 13.9 Å². The maximum Gasteiger partial charge on any atom is 0.248 e. The molecule has 24 heavy (non-hydrogen) atoms. The van der Waals surface area contributed by atoms with Gasteiger partial charge in [0, 0.05) is 16.7 Å². The van der Waals surface area contributed by atoms with E-state index in [0.29, 0.717) is 35.8 Å². The van der Waals surface area contributed by atoms with Crippen molar-refractivity contribution in [3.63, 3.8) is 0 Å². The van der Waals surface area contributed by atoms with Crippen molar-refractivity contribution in [2.75, 3.05) is 13.2 Å². The highest BCUT2D eigenvalue weighted by Gasteiger charge is 2.15. The number of halogens is 1. The molecule has 0 radical (unpaired) electrons. The van der Waals surface area contributed by atoms with Crippen molar-refractivity contribution in [2.45, 2.75) is 0 Å². The van der Waals surface area contributed by atoms with Gasteiger partial charge in [-0.2, -0.15) is 0 Å². The third-order valence-electron chi connectivity index (χ3n) is 3.52. The van der Waals surface area contributed by atoms with E-state index in [1.807, 2.05) is 48.5 Å². The molecule has 2 heterocycles. The van der Waals surface area contributed by atoms with Crippen LogP contribution in [0.15, 0.2) is 46.9 Å². The Hall–Kier alpha value is -2.79. The Morgan fingerprint density at radius 3 is 2.50 bits per heavy atom. The highest BCUT2D eigenvalue weighted by Crippen LogP contribution is 2.34. The minimum absolute atomic E-state index is 0.426. The molecular formula is C18H13ClN2O3. The number of aromatic nitrogens is 2. The Morgan fingerprint density at radius 2 is 1.67 bits per heavy atom. The molecule has 0 N–H and O–H groups in total. The molecule has 0 unspecified atom stereocenters. The SMILES string of the molecule is Clc1ccc(/C=C/c2nnc(-c3ccc4c(c3)OCCO4)o2)cc1. The summed E-state index contributed by atoms with van der Waals surface area (Å²) < 4.78 is 16.7. The zero-order valence-corrected chi connectivity index (χ0v) is 13.4. The maximum absolute atomic E-state index is 5.87. The van der Waals surface area contributed by atoms with E-state index in [1.54, 1.807) is 6.08 Å². The molecular weight excluding hydrogens is 328 g/mol. The average Bonchev–Trinajstić information content (AvgIpc) is 3.10. The van der Waals surface area contributed by atoms with E-state index in [4.69, 9.17) is 25.5 Å². The van der Waals surface area contributed by atoms with Crippen LogP contribution in [0.5, 0.6) is 11.5 Å². The molecule has 0 amide bonds. The summed E-state index contributed by atoms with van der Waals surface area (Å²) in [7, 11) is 0. The van der Waals surface area contributed by atoms with Gasteiger partial charge in [0.15, 0.2) is 11.5 Å². The highest BCUT2D eigenvalue weighted by atomic mass is 35.5. The fourth-order valence-electron chi connectivity index (χ4n) is 2.34. The Balaban J connectivity index is 1.55. The molecule has 3 aromatic rings. The van der Waals surface area contributed by atoms with E-state index in [-0.39, 0.29) is 0 Å². The molecule has 1 aliphatic rings. The van der Waals surface area contributed by atoms with Crippen LogP contribution in [0.3, 0.4) is 0 Å². The molecule has 0 aliphatic carbocycles. The van der Waals surface area contributed by atoms with Gasteiger partial charge in [-0.15, -0.1) is 10.2 Å². The minimum Gasteiger partial charge on any atom is -0.486 e. The third kappa shape index (κ3) is 3.12. The first kappa shape index (κ1) is 14.8. The van der Waals surface area contributed by atoms with Crippen molar-refractivity contribution >= 4 is 23.8 Å². The summed E-state index contributed by atoms with van der Waals surface area (Å²) in [6, 6.07) is 13.0. The summed E-state index contributed by atoms with van der Waals surface area (Å²) in [4.78, 5) is 0. The van der Waals surface area contributed by atoms with Crippen molar-refractivity contribution in [1.29, 1.82) is 0 Å². The fraction of sp³-hybridized carbons (Fsp3) is 0.111. The number of fused-ring (bicyclic) bond motifs is 1. The van der Waals surface area contributed by atoms with E-state index >= 15 is 0 Å². The lowest BCUT2D eigenvalue weighted by Crippen LogP contribution is -2.15. The van der Waals surface area contributed by atoms with Crippen LogP contribution in [-0.2, 0) is 0 Å². The number of benzene rings is 2. The summed E-state index contributed by atoms with van der Waals surface area (Å²) in [6.07, 6.45) is 3.65. The molecule has 0 saturated carbocycles. The second kappa shape index (κ2) is 6.37. The summed E-state index contributed by atoms with van der Waals surface area (Å²) >= 11 is 5.87. The summed E-state index contributed by atoms with van der Waals surface area (Å²) in [5, 5.41) is 8.81. The summed E-state index contributed by atoms with van der Waals surface area (Å²) in [5.74, 6) is 2.28. The second-order valence-electron chi connectivity index (χ2n) is 5.19. The molecule has 120 valence electrons. The van der Waals surface area contributed by atoms with Gasteiger partial charge in [0.25, 0.3) is 0 Å². The molecule has 1 aliphatic heterocycles. The first-order valence-electron chi connectivity index (χ1n) is 7.45. The standard InChI is InChI=1S/C18H13ClN2O3/c19-14-5-1-12(2-6-14)3-8-17-20-21-18(24-17)13-4-7-15-16(11-13)23-10-9-22-15/h1-8,11H,9-10H2/b8-3+. The Labute approximate surface area is 143 Å². The summed E-state index contributed by atoms with van der Waals surface area (Å²) in [5.41, 5.74) is 1.79. The average molecular weight is 341 g/mol. The van der Waals surface area contributed by atoms with Gasteiger partial charge in [0.1, 0.15) is 13.2 Å². The zero-order chi connectivity index (χ0) is 16.4. The predicted octanol–water partition coefficient (Wildman–Crippen LogP) is 4.33. The largest absolute Gasteiger partial charge is 0.486 e. The predicted molar refractivity (Wildman–Crippen MR) is 91.1 cm³/mol. The van der Waals surface area contributed by atoms with Crippen LogP contribution in [0.1, 0.15) is 11.5 Å². The van der Waals surface area contributed by atoms with Crippen LogP contribution in [0.2, 0.25) is 5.02 Å². The second-order valence-corrected chi connectivity index (χ2v) is 5.63. The van der Waals surface area contributed by atoms with E-state index in [1.165, 1.54) is 0 Å². The lowest BCUT2D eigenvalue weighted by atomic mass is 10.2. The number of hydrogen-bond acceptors (Lipinski definition) is 5. The third-order valence-corrected chi connectivity index (χ3v) is 3.77. The van der Waals surface area contributed by atoms with Gasteiger partial charge in [-0.25, -0.2) is 0 Å². The van der Waals surface area contributed by atoms with Gasteiger partial charge < -0.3 is 13.9 Å². The van der Waals surface area contributed by atoms with Crippen LogP contribution in [0.25, 0.3) is 23.6 Å². The van der Waals surface area contributed by atoms with Gasteiger partial charge in [0.05, 0.1) is 0 Å². The molecule has 0 fully saturated rings. The Kier molecular flexibility index (Phi) is 3.92. The first-order chi connectivity index (χ1) is 11.8. The smallest absolute Gasteiger partial charge is 0.248 e. The van der Waals surface area contributed by atoms with Crippen LogP contribution in [0, 0.1) is 0 Å². The van der Waals surface area contributed by atoms with E-state index < -0.39 is 0 Å². The molecule has 2 aromatic carbocycles. The zero-order valence-electron chi connectivity index (χ0n) is 12.6. The number of ether oxygens (including phenoxy) is 2. The molecule has 4 rings (SSSR count). The normalized spacial score (nSPS) is 13.4. The molecule has 0 atom stereocenters. The molecule has 0 spiro atoms. The monoisotopic (exact) mass is 340 g/mol. The van der Waals surface area contributed by atoms with Gasteiger partial charge in [-0.05, 0) is 42.0 Å². The van der Waals surface area contributed by atoms with Crippen LogP contribution >= 0.6 is 11.6 Å². The fourth-order valence-corrected chi connectivity index (χ4v) is 2.46. The van der Waals surface area contributed by atoms with Crippen LogP contribution in [0.4, 0.5) is 0 Å². The minimum atomic E-state index is 0.426. The summed E-state index contributed by atoms with van der Waals surface area (Å²) in [6.45, 7) is 1.10. The Morgan fingerprint density at radius 1 is 0.875 bits per heavy atom. The highest BCUT2D eigenvalue weighted by molar-refractivity contribution is 6.30. The van der Waals surface area contributed by atoms with Crippen LogP contribution < -0.4 is 9.47 Å². The van der Waals surface area contributed by atoms with Crippen LogP contribution in [-0.4, -0.2) is 23.4 Å². The number of rotatable bonds is 3. The van der Waals surface area contributed by atoms with Crippen molar-refractivity contribution in [3.8, 4) is 23.0 Å². The molecule has 0 bridgehead atoms. The number of nitrogens with zero attached hydrogens (tertiary/aromatic N) is 2. The lowest BCUT2D eigenvalue weighted by molar-refractivity contribution is 0.171. The molecule has 5 nitrogen and oxygen atoms in total. The molecule has 1 aromatic heterocycles. The number of hydrogen-bond donors (Lipinski definition) is 0. The van der Waals surface area contributed by atoms with Crippen molar-refractivity contribution in [1.82, 2.24) is 10.2 Å². The molecule has 6 heteroatoms. The van der Waals surface area contributed by atoms with Gasteiger partial charge in [0.2, 0.25) is 11.8 Å². The van der Waals surface area contributed by atoms with Crippen molar-refractivity contribution in [2.24, 2.45) is 0 Å². The van der Waals surface area contributed by atoms with Crippen molar-refractivity contribution in [3.05, 3.63) is 58.9 Å². The van der Waals surface area contributed by atoms with E-state index in [0.717, 1.165) is 16.9 Å². The topological polar surface area (TPSA) is 57.4 Å². The van der Waals surface area contributed by atoms with Gasteiger partial charge >= 0.3 is 0 Å². The lowest BCUT2D eigenvalue weighted by Gasteiger charge is -2.18.